The Balaban J connectivity index is 2.01. The van der Waals surface area contributed by atoms with Crippen molar-refractivity contribution in [1.29, 1.82) is 0 Å². The van der Waals surface area contributed by atoms with Crippen molar-refractivity contribution >= 4 is 0 Å². The molecule has 0 N–H and O–H groups in total. The maximum absolute atomic E-state index is 6.22. The molecular weight excluding hydrogens is 184 g/mol. The first-order valence-electron chi connectivity index (χ1n) is 6.48. The molecule has 1 heteroatoms. The highest BCUT2D eigenvalue weighted by Gasteiger charge is 2.35. The summed E-state index contributed by atoms with van der Waals surface area (Å²) in [5.41, 5.74) is 4.85. The van der Waals surface area contributed by atoms with Crippen LogP contribution < -0.4 is 0 Å². The molecule has 1 nitrogen and oxygen atoms in total. The molecule has 0 bridgehead atoms. The Morgan fingerprint density at radius 3 is 3.07 bits per heavy atom. The van der Waals surface area contributed by atoms with Crippen LogP contribution in [0.4, 0.5) is 0 Å². The zero-order valence-electron chi connectivity index (χ0n) is 9.59. The average molecular weight is 204 g/mol. The molecule has 15 heavy (non-hydrogen) atoms. The Kier molecular flexibility index (Phi) is 2.44. The highest BCUT2D eigenvalue weighted by molar-refractivity contribution is 5.44. The second kappa shape index (κ2) is 3.79. The van der Waals surface area contributed by atoms with Crippen molar-refractivity contribution in [2.24, 2.45) is 0 Å². The molecule has 0 aromatic carbocycles. The summed E-state index contributed by atoms with van der Waals surface area (Å²) in [6.07, 6.45) is 12.3. The van der Waals surface area contributed by atoms with Gasteiger partial charge in [0.1, 0.15) is 0 Å². The summed E-state index contributed by atoms with van der Waals surface area (Å²) < 4.78 is 6.22. The van der Waals surface area contributed by atoms with Crippen LogP contribution in [-0.4, -0.2) is 12.2 Å². The maximum atomic E-state index is 6.22. The summed E-state index contributed by atoms with van der Waals surface area (Å²) in [7, 11) is 0. The summed E-state index contributed by atoms with van der Waals surface area (Å²) in [5, 5.41) is 0. The van der Waals surface area contributed by atoms with E-state index in [4.69, 9.17) is 4.74 Å². The van der Waals surface area contributed by atoms with E-state index in [0.717, 1.165) is 0 Å². The summed E-state index contributed by atoms with van der Waals surface area (Å²) in [6, 6.07) is 0. The second-order valence-corrected chi connectivity index (χ2v) is 4.95. The van der Waals surface area contributed by atoms with Gasteiger partial charge in [-0.15, -0.1) is 0 Å². The van der Waals surface area contributed by atoms with E-state index < -0.39 is 0 Å². The van der Waals surface area contributed by atoms with Crippen molar-refractivity contribution in [2.75, 3.05) is 0 Å². The molecule has 2 aliphatic carbocycles. The van der Waals surface area contributed by atoms with Gasteiger partial charge in [0.15, 0.2) is 0 Å². The Bertz CT molecular complexity index is 324. The quantitative estimate of drug-likeness (QED) is 0.632. The van der Waals surface area contributed by atoms with Crippen LogP contribution in [0, 0.1) is 0 Å². The first-order chi connectivity index (χ1) is 7.40. The van der Waals surface area contributed by atoms with Gasteiger partial charge in [-0.05, 0) is 55.2 Å². The van der Waals surface area contributed by atoms with Gasteiger partial charge in [-0.1, -0.05) is 19.4 Å². The highest BCUT2D eigenvalue weighted by Crippen LogP contribution is 2.43. The Labute approximate surface area is 92.2 Å². The lowest BCUT2D eigenvalue weighted by atomic mass is 9.82. The third-order valence-electron chi connectivity index (χ3n) is 4.11. The van der Waals surface area contributed by atoms with Gasteiger partial charge in [-0.25, -0.2) is 0 Å². The van der Waals surface area contributed by atoms with Crippen LogP contribution in [-0.2, 0) is 4.74 Å². The van der Waals surface area contributed by atoms with Crippen LogP contribution in [0.2, 0.25) is 0 Å². The monoisotopic (exact) mass is 204 g/mol. The molecule has 1 aliphatic heterocycles. The molecule has 2 atom stereocenters. The standard InChI is InChI=1S/C14H20O/c1-2-10-11-6-3-4-8-13(11)15-14-9-5-7-12(10)14/h7,13-14H,2-6,8-9H2,1H3/t13-,14-/m0/s1. The Morgan fingerprint density at radius 2 is 2.20 bits per heavy atom. The minimum absolute atomic E-state index is 0.451. The van der Waals surface area contributed by atoms with Crippen molar-refractivity contribution in [2.45, 2.75) is 64.1 Å². The van der Waals surface area contributed by atoms with Gasteiger partial charge < -0.3 is 4.74 Å². The molecule has 1 heterocycles. The summed E-state index contributed by atoms with van der Waals surface area (Å²) in [6.45, 7) is 2.30. The van der Waals surface area contributed by atoms with Crippen molar-refractivity contribution in [3.63, 3.8) is 0 Å². The molecule has 1 saturated carbocycles. The molecule has 0 aromatic rings. The normalized spacial score (nSPS) is 34.9. The van der Waals surface area contributed by atoms with E-state index in [-0.39, 0.29) is 0 Å². The van der Waals surface area contributed by atoms with Gasteiger partial charge in [-0.2, -0.15) is 0 Å². The van der Waals surface area contributed by atoms with Crippen molar-refractivity contribution in [3.05, 3.63) is 22.8 Å². The molecule has 3 rings (SSSR count). The number of hydrogen-bond acceptors (Lipinski definition) is 1. The fourth-order valence-electron chi connectivity index (χ4n) is 3.43. The van der Waals surface area contributed by atoms with E-state index in [1.807, 2.05) is 0 Å². The van der Waals surface area contributed by atoms with E-state index in [1.165, 1.54) is 44.9 Å². The zero-order chi connectivity index (χ0) is 10.3. The Morgan fingerprint density at radius 1 is 1.27 bits per heavy atom. The van der Waals surface area contributed by atoms with Crippen molar-refractivity contribution in [3.8, 4) is 0 Å². The van der Waals surface area contributed by atoms with Crippen LogP contribution in [0.25, 0.3) is 0 Å². The zero-order valence-corrected chi connectivity index (χ0v) is 9.59. The summed E-state index contributed by atoms with van der Waals surface area (Å²) in [5.74, 6) is 0. The third-order valence-corrected chi connectivity index (χ3v) is 4.11. The third kappa shape index (κ3) is 1.48. The SMILES string of the molecule is CCC1=C2CCCC[C@@H]2O[C@H]2CCC=C12. The van der Waals surface area contributed by atoms with Gasteiger partial charge in [0, 0.05) is 0 Å². The minimum atomic E-state index is 0.451. The molecule has 3 aliphatic rings. The van der Waals surface area contributed by atoms with E-state index in [2.05, 4.69) is 13.0 Å². The number of allylic oxidation sites excluding steroid dienone is 1. The molecule has 0 amide bonds. The van der Waals surface area contributed by atoms with Crippen molar-refractivity contribution < 1.29 is 4.74 Å². The fraction of sp³-hybridized carbons (Fsp3) is 0.714. The van der Waals surface area contributed by atoms with Crippen LogP contribution in [0.3, 0.4) is 0 Å². The Hall–Kier alpha value is -0.560. The van der Waals surface area contributed by atoms with E-state index in [1.54, 1.807) is 16.7 Å². The number of fused-ring (bicyclic) bond motifs is 2. The van der Waals surface area contributed by atoms with Crippen LogP contribution in [0.5, 0.6) is 0 Å². The van der Waals surface area contributed by atoms with E-state index >= 15 is 0 Å². The molecule has 0 aromatic heterocycles. The number of ether oxygens (including phenoxy) is 1. The molecular formula is C14H20O. The van der Waals surface area contributed by atoms with E-state index in [9.17, 15) is 0 Å². The molecule has 0 saturated heterocycles. The largest absolute Gasteiger partial charge is 0.366 e. The topological polar surface area (TPSA) is 9.23 Å². The first kappa shape index (κ1) is 9.65. The lowest BCUT2D eigenvalue weighted by molar-refractivity contribution is 0.00759. The first-order valence-corrected chi connectivity index (χ1v) is 6.48. The van der Waals surface area contributed by atoms with Crippen LogP contribution in [0.15, 0.2) is 22.8 Å². The molecule has 82 valence electrons. The molecule has 0 spiro atoms. The van der Waals surface area contributed by atoms with Crippen LogP contribution in [0.1, 0.15) is 51.9 Å². The van der Waals surface area contributed by atoms with Crippen molar-refractivity contribution in [1.82, 2.24) is 0 Å². The summed E-state index contributed by atoms with van der Waals surface area (Å²) >= 11 is 0. The van der Waals surface area contributed by atoms with Gasteiger partial charge in [0.25, 0.3) is 0 Å². The predicted octanol–water partition coefficient (Wildman–Crippen LogP) is 3.75. The fourth-order valence-corrected chi connectivity index (χ4v) is 3.43. The second-order valence-electron chi connectivity index (χ2n) is 4.95. The molecule has 1 fully saturated rings. The molecule has 0 radical (unpaired) electrons. The maximum Gasteiger partial charge on any atom is 0.0835 e. The summed E-state index contributed by atoms with van der Waals surface area (Å²) in [4.78, 5) is 0. The molecule has 0 unspecified atom stereocenters. The van der Waals surface area contributed by atoms with Gasteiger partial charge in [-0.3, -0.25) is 0 Å². The van der Waals surface area contributed by atoms with Crippen LogP contribution >= 0.6 is 0 Å². The lowest BCUT2D eigenvalue weighted by Crippen LogP contribution is -2.32. The van der Waals surface area contributed by atoms with Gasteiger partial charge in [0.05, 0.1) is 12.2 Å². The smallest absolute Gasteiger partial charge is 0.0835 e. The van der Waals surface area contributed by atoms with Gasteiger partial charge >= 0.3 is 0 Å². The average Bonchev–Trinajstić information content (AvgIpc) is 2.73. The number of hydrogen-bond donors (Lipinski definition) is 0. The number of rotatable bonds is 1. The minimum Gasteiger partial charge on any atom is -0.366 e. The highest BCUT2D eigenvalue weighted by atomic mass is 16.5. The predicted molar refractivity (Wildman–Crippen MR) is 61.8 cm³/mol. The lowest BCUT2D eigenvalue weighted by Gasteiger charge is -2.37. The van der Waals surface area contributed by atoms with Gasteiger partial charge in [0.2, 0.25) is 0 Å². The van der Waals surface area contributed by atoms with E-state index in [0.29, 0.717) is 12.2 Å².